The summed E-state index contributed by atoms with van der Waals surface area (Å²) < 4.78 is 6.54. The number of nitro groups is 2. The van der Waals surface area contributed by atoms with Crippen molar-refractivity contribution in [1.29, 1.82) is 0 Å². The molecule has 1 N–H and O–H groups in total. The van der Waals surface area contributed by atoms with Crippen LogP contribution in [0.25, 0.3) is 6.08 Å². The lowest BCUT2D eigenvalue weighted by Gasteiger charge is -2.26. The van der Waals surface area contributed by atoms with E-state index in [0.717, 1.165) is 23.1 Å². The Morgan fingerprint density at radius 1 is 0.919 bits per heavy atom. The number of nitro benzene ring substituents is 2. The SMILES string of the molecule is O=C1NC(=O)N(c2ccccc2)C(=O)/C1=C/c1cc(Br)cc(Br)c1Oc1ccc([N+](=O)[O-])cc1[N+](=O)[O-]. The zero-order chi connectivity index (χ0) is 26.9. The van der Waals surface area contributed by atoms with Crippen LogP contribution in [0, 0.1) is 20.2 Å². The summed E-state index contributed by atoms with van der Waals surface area (Å²) in [5.41, 5.74) is -1.22. The summed E-state index contributed by atoms with van der Waals surface area (Å²) >= 11 is 6.60. The summed E-state index contributed by atoms with van der Waals surface area (Å²) in [4.78, 5) is 60.0. The molecule has 1 aliphatic heterocycles. The second-order valence-corrected chi connectivity index (χ2v) is 9.14. The fraction of sp³-hybridized carbons (Fsp3) is 0. The summed E-state index contributed by atoms with van der Waals surface area (Å²) in [6.07, 6.45) is 1.17. The second kappa shape index (κ2) is 10.3. The number of nitrogens with zero attached hydrogens (tertiary/aromatic N) is 3. The summed E-state index contributed by atoms with van der Waals surface area (Å²) in [6.45, 7) is 0. The van der Waals surface area contributed by atoms with Crippen LogP contribution in [0.2, 0.25) is 0 Å². The van der Waals surface area contributed by atoms with Crippen molar-refractivity contribution in [3.63, 3.8) is 0 Å². The molecule has 1 heterocycles. The van der Waals surface area contributed by atoms with E-state index >= 15 is 0 Å². The lowest BCUT2D eigenvalue weighted by Crippen LogP contribution is -2.54. The molecule has 1 fully saturated rings. The van der Waals surface area contributed by atoms with E-state index in [1.54, 1.807) is 24.3 Å². The molecular formula is C23H12Br2N4O8. The van der Waals surface area contributed by atoms with Gasteiger partial charge < -0.3 is 4.74 Å². The third-order valence-electron chi connectivity index (χ3n) is 5.02. The molecule has 12 nitrogen and oxygen atoms in total. The van der Waals surface area contributed by atoms with Crippen LogP contribution in [0.1, 0.15) is 5.56 Å². The van der Waals surface area contributed by atoms with E-state index in [1.165, 1.54) is 24.3 Å². The van der Waals surface area contributed by atoms with Crippen molar-refractivity contribution in [2.24, 2.45) is 0 Å². The summed E-state index contributed by atoms with van der Waals surface area (Å²) in [6, 6.07) is 12.9. The van der Waals surface area contributed by atoms with Crippen molar-refractivity contribution in [2.75, 3.05) is 4.90 Å². The lowest BCUT2D eigenvalue weighted by molar-refractivity contribution is -0.394. The monoisotopic (exact) mass is 630 g/mol. The Labute approximate surface area is 224 Å². The van der Waals surface area contributed by atoms with E-state index in [9.17, 15) is 34.6 Å². The van der Waals surface area contributed by atoms with Crippen LogP contribution < -0.4 is 15.0 Å². The number of carbonyl (C=O) groups is 3. The van der Waals surface area contributed by atoms with Crippen LogP contribution in [-0.4, -0.2) is 27.7 Å². The molecule has 1 aliphatic rings. The molecule has 37 heavy (non-hydrogen) atoms. The van der Waals surface area contributed by atoms with Gasteiger partial charge in [-0.3, -0.25) is 35.1 Å². The minimum atomic E-state index is -0.953. The number of carbonyl (C=O) groups excluding carboxylic acids is 3. The molecule has 4 amide bonds. The molecule has 0 spiro atoms. The number of ether oxygens (including phenoxy) is 1. The number of hydrogen-bond donors (Lipinski definition) is 1. The summed E-state index contributed by atoms with van der Waals surface area (Å²) in [5, 5.41) is 24.7. The quantitative estimate of drug-likeness (QED) is 0.162. The first-order valence-electron chi connectivity index (χ1n) is 10.1. The van der Waals surface area contributed by atoms with Gasteiger partial charge in [-0.05, 0) is 52.3 Å². The van der Waals surface area contributed by atoms with Crippen LogP contribution in [0.3, 0.4) is 0 Å². The second-order valence-electron chi connectivity index (χ2n) is 7.37. The van der Waals surface area contributed by atoms with Crippen molar-refractivity contribution in [3.05, 3.63) is 101 Å². The number of imide groups is 2. The van der Waals surface area contributed by atoms with E-state index in [-0.39, 0.29) is 27.2 Å². The smallest absolute Gasteiger partial charge is 0.335 e. The molecule has 14 heteroatoms. The van der Waals surface area contributed by atoms with Crippen molar-refractivity contribution in [3.8, 4) is 11.5 Å². The van der Waals surface area contributed by atoms with Gasteiger partial charge in [0.15, 0.2) is 0 Å². The number of amides is 4. The Balaban J connectivity index is 1.81. The molecule has 0 unspecified atom stereocenters. The Hall–Kier alpha value is -4.43. The highest BCUT2D eigenvalue weighted by Gasteiger charge is 2.37. The molecular weight excluding hydrogens is 620 g/mol. The van der Waals surface area contributed by atoms with Crippen LogP contribution in [0.5, 0.6) is 11.5 Å². The highest BCUT2D eigenvalue weighted by atomic mass is 79.9. The van der Waals surface area contributed by atoms with Gasteiger partial charge in [0.1, 0.15) is 11.3 Å². The highest BCUT2D eigenvalue weighted by molar-refractivity contribution is 9.11. The third-order valence-corrected chi connectivity index (χ3v) is 6.06. The Morgan fingerprint density at radius 2 is 1.62 bits per heavy atom. The van der Waals surface area contributed by atoms with Gasteiger partial charge in [-0.1, -0.05) is 34.1 Å². The van der Waals surface area contributed by atoms with Crippen molar-refractivity contribution in [2.45, 2.75) is 0 Å². The van der Waals surface area contributed by atoms with Gasteiger partial charge >= 0.3 is 11.7 Å². The van der Waals surface area contributed by atoms with E-state index in [0.29, 0.717) is 4.47 Å². The summed E-state index contributed by atoms with van der Waals surface area (Å²) in [7, 11) is 0. The Morgan fingerprint density at radius 3 is 2.27 bits per heavy atom. The molecule has 0 bridgehead atoms. The largest absolute Gasteiger partial charge is 0.448 e. The number of halogens is 2. The maximum atomic E-state index is 13.2. The third kappa shape index (κ3) is 5.24. The zero-order valence-corrected chi connectivity index (χ0v) is 21.4. The van der Waals surface area contributed by atoms with Gasteiger partial charge in [0.05, 0.1) is 26.1 Å². The minimum absolute atomic E-state index is 0.0311. The van der Waals surface area contributed by atoms with Crippen LogP contribution >= 0.6 is 31.9 Å². The molecule has 0 aromatic heterocycles. The minimum Gasteiger partial charge on any atom is -0.448 e. The van der Waals surface area contributed by atoms with E-state index in [4.69, 9.17) is 4.74 Å². The molecule has 0 aliphatic carbocycles. The number of benzene rings is 3. The number of nitrogens with one attached hydrogen (secondary N) is 1. The number of barbiturate groups is 1. The van der Waals surface area contributed by atoms with Gasteiger partial charge in [0.25, 0.3) is 17.5 Å². The highest BCUT2D eigenvalue weighted by Crippen LogP contribution is 2.41. The van der Waals surface area contributed by atoms with Crippen molar-refractivity contribution >= 4 is 72.8 Å². The number of urea groups is 1. The number of para-hydroxylation sites is 1. The normalized spacial score (nSPS) is 14.5. The maximum absolute atomic E-state index is 13.2. The average molecular weight is 632 g/mol. The van der Waals surface area contributed by atoms with Gasteiger partial charge in [-0.2, -0.15) is 0 Å². The van der Waals surface area contributed by atoms with E-state index in [1.807, 2.05) is 0 Å². The zero-order valence-electron chi connectivity index (χ0n) is 18.2. The topological polar surface area (TPSA) is 162 Å². The van der Waals surface area contributed by atoms with Crippen molar-refractivity contribution < 1.29 is 29.0 Å². The first kappa shape index (κ1) is 25.7. The number of anilines is 1. The summed E-state index contributed by atoms with van der Waals surface area (Å²) in [5.74, 6) is -2.20. The molecule has 0 atom stereocenters. The van der Waals surface area contributed by atoms with E-state index < -0.39 is 44.6 Å². The molecule has 3 aromatic rings. The van der Waals surface area contributed by atoms with E-state index in [2.05, 4.69) is 37.2 Å². The molecule has 3 aromatic carbocycles. The fourth-order valence-corrected chi connectivity index (χ4v) is 4.72. The van der Waals surface area contributed by atoms with Gasteiger partial charge in [-0.25, -0.2) is 9.69 Å². The average Bonchev–Trinajstić information content (AvgIpc) is 2.84. The van der Waals surface area contributed by atoms with Crippen LogP contribution in [-0.2, 0) is 9.59 Å². The first-order valence-corrected chi connectivity index (χ1v) is 11.7. The van der Waals surface area contributed by atoms with Crippen LogP contribution in [0.15, 0.2) is 75.2 Å². The standard InChI is InChI=1S/C23H12Br2N4O8/c24-13-8-12(9-16-21(30)26-23(32)27(22(16)31)14-4-2-1-3-5-14)20(17(25)10-13)37-19-7-6-15(28(33)34)11-18(19)29(35)36/h1-11H,(H,26,30,32)/b16-9+. The first-order chi connectivity index (χ1) is 17.6. The predicted molar refractivity (Wildman–Crippen MR) is 137 cm³/mol. The molecule has 0 saturated carbocycles. The number of rotatable bonds is 6. The van der Waals surface area contributed by atoms with Crippen molar-refractivity contribution in [1.82, 2.24) is 5.32 Å². The fourth-order valence-electron chi connectivity index (χ4n) is 3.38. The van der Waals surface area contributed by atoms with Gasteiger partial charge in [-0.15, -0.1) is 0 Å². The van der Waals surface area contributed by atoms with Gasteiger partial charge in [0, 0.05) is 16.1 Å². The Bertz CT molecular complexity index is 1520. The number of non-ortho nitro benzene ring substituents is 1. The van der Waals surface area contributed by atoms with Gasteiger partial charge in [0.2, 0.25) is 5.75 Å². The lowest BCUT2D eigenvalue weighted by atomic mass is 10.1. The Kier molecular flexibility index (Phi) is 7.13. The predicted octanol–water partition coefficient (Wildman–Crippen LogP) is 5.49. The maximum Gasteiger partial charge on any atom is 0.335 e. The molecule has 0 radical (unpaired) electrons. The molecule has 4 rings (SSSR count). The molecule has 1 saturated heterocycles. The van der Waals surface area contributed by atoms with Crippen LogP contribution in [0.4, 0.5) is 21.9 Å². The molecule has 186 valence electrons. The number of hydrogen-bond acceptors (Lipinski definition) is 8.